The van der Waals surface area contributed by atoms with E-state index in [4.69, 9.17) is 5.10 Å². The molecule has 0 atom stereocenters. The molecule has 1 aromatic heterocycles. The smallest absolute Gasteiger partial charge is 0.0630 e. The van der Waals surface area contributed by atoms with Gasteiger partial charge in [-0.2, -0.15) is 5.10 Å². The topological polar surface area (TPSA) is 29.9 Å². The van der Waals surface area contributed by atoms with Crippen LogP contribution in [0.5, 0.6) is 0 Å². The van der Waals surface area contributed by atoms with Crippen LogP contribution >= 0.6 is 0 Å². The second-order valence-corrected chi connectivity index (χ2v) is 7.78. The summed E-state index contributed by atoms with van der Waals surface area (Å²) in [6.45, 7) is 6.87. The van der Waals surface area contributed by atoms with Gasteiger partial charge < -0.3 is 5.32 Å². The third-order valence-electron chi connectivity index (χ3n) is 5.39. The molecule has 0 saturated heterocycles. The van der Waals surface area contributed by atoms with Crippen molar-refractivity contribution in [3.63, 3.8) is 0 Å². The molecule has 3 nitrogen and oxygen atoms in total. The van der Waals surface area contributed by atoms with Crippen molar-refractivity contribution in [2.45, 2.75) is 71.3 Å². The first kappa shape index (κ1) is 15.1. The summed E-state index contributed by atoms with van der Waals surface area (Å²) in [6.07, 6.45) is 12.9. The molecule has 1 heterocycles. The number of rotatable bonds is 7. The van der Waals surface area contributed by atoms with Gasteiger partial charge in [-0.1, -0.05) is 33.1 Å². The lowest BCUT2D eigenvalue weighted by Crippen LogP contribution is -2.42. The zero-order valence-electron chi connectivity index (χ0n) is 13.8. The molecule has 0 amide bonds. The molecule has 3 rings (SSSR count). The molecule has 1 aromatic rings. The number of hydrogen-bond acceptors (Lipinski definition) is 2. The SMILES string of the molecule is CC(C)CNCC1(Cc2ccn(C3CCCC3)n2)CCC1. The Kier molecular flexibility index (Phi) is 4.68. The lowest BCUT2D eigenvalue weighted by atomic mass is 9.66. The van der Waals surface area contributed by atoms with Gasteiger partial charge >= 0.3 is 0 Å². The maximum Gasteiger partial charge on any atom is 0.0630 e. The van der Waals surface area contributed by atoms with Crippen molar-refractivity contribution in [1.82, 2.24) is 15.1 Å². The third kappa shape index (κ3) is 3.68. The van der Waals surface area contributed by atoms with E-state index in [1.807, 2.05) is 0 Å². The van der Waals surface area contributed by atoms with Gasteiger partial charge in [-0.05, 0) is 56.0 Å². The van der Waals surface area contributed by atoms with Crippen molar-refractivity contribution in [2.75, 3.05) is 13.1 Å². The quantitative estimate of drug-likeness (QED) is 0.823. The number of hydrogen-bond donors (Lipinski definition) is 1. The minimum Gasteiger partial charge on any atom is -0.316 e. The Bertz CT molecular complexity index is 439. The Labute approximate surface area is 129 Å². The molecule has 3 heteroatoms. The van der Waals surface area contributed by atoms with Gasteiger partial charge in [0.15, 0.2) is 0 Å². The molecule has 0 spiro atoms. The summed E-state index contributed by atoms with van der Waals surface area (Å²) in [4.78, 5) is 0. The molecular formula is C18H31N3. The molecule has 2 aliphatic carbocycles. The van der Waals surface area contributed by atoms with Crippen LogP contribution in [0.15, 0.2) is 12.3 Å². The van der Waals surface area contributed by atoms with E-state index >= 15 is 0 Å². The maximum atomic E-state index is 4.89. The first-order chi connectivity index (χ1) is 10.2. The summed E-state index contributed by atoms with van der Waals surface area (Å²) < 4.78 is 2.25. The van der Waals surface area contributed by atoms with Gasteiger partial charge in [0.1, 0.15) is 0 Å². The van der Waals surface area contributed by atoms with E-state index in [2.05, 4.69) is 36.1 Å². The minimum absolute atomic E-state index is 0.490. The first-order valence-electron chi connectivity index (χ1n) is 8.92. The molecule has 2 fully saturated rings. The molecule has 0 radical (unpaired) electrons. The molecule has 2 saturated carbocycles. The largest absolute Gasteiger partial charge is 0.316 e. The van der Waals surface area contributed by atoms with E-state index in [1.54, 1.807) is 0 Å². The number of aromatic nitrogens is 2. The Morgan fingerprint density at radius 2 is 2.05 bits per heavy atom. The Morgan fingerprint density at radius 3 is 2.67 bits per heavy atom. The predicted molar refractivity (Wildman–Crippen MR) is 87.4 cm³/mol. The molecule has 0 aliphatic heterocycles. The van der Waals surface area contributed by atoms with Crippen LogP contribution < -0.4 is 5.32 Å². The predicted octanol–water partition coefficient (Wildman–Crippen LogP) is 3.96. The highest BCUT2D eigenvalue weighted by Gasteiger charge is 2.37. The summed E-state index contributed by atoms with van der Waals surface area (Å²) in [5, 5.41) is 8.57. The van der Waals surface area contributed by atoms with E-state index < -0.39 is 0 Å². The van der Waals surface area contributed by atoms with Crippen LogP contribution in [-0.2, 0) is 6.42 Å². The van der Waals surface area contributed by atoms with E-state index in [1.165, 1.54) is 57.2 Å². The van der Waals surface area contributed by atoms with Gasteiger partial charge in [0.05, 0.1) is 11.7 Å². The van der Waals surface area contributed by atoms with Crippen LogP contribution in [0.25, 0.3) is 0 Å². The van der Waals surface area contributed by atoms with Gasteiger partial charge in [-0.25, -0.2) is 0 Å². The number of nitrogens with zero attached hydrogens (tertiary/aromatic N) is 2. The third-order valence-corrected chi connectivity index (χ3v) is 5.39. The Morgan fingerprint density at radius 1 is 1.29 bits per heavy atom. The maximum absolute atomic E-state index is 4.89. The van der Waals surface area contributed by atoms with Crippen molar-refractivity contribution >= 4 is 0 Å². The minimum atomic E-state index is 0.490. The molecule has 21 heavy (non-hydrogen) atoms. The van der Waals surface area contributed by atoms with Crippen molar-refractivity contribution in [3.05, 3.63) is 18.0 Å². The molecule has 1 N–H and O–H groups in total. The lowest BCUT2D eigenvalue weighted by molar-refractivity contribution is 0.127. The van der Waals surface area contributed by atoms with Crippen molar-refractivity contribution in [3.8, 4) is 0 Å². The first-order valence-corrected chi connectivity index (χ1v) is 8.92. The highest BCUT2D eigenvalue weighted by atomic mass is 15.3. The standard InChI is InChI=1S/C18H31N3/c1-15(2)13-19-14-18(9-5-10-18)12-16-8-11-21(20-16)17-6-3-4-7-17/h8,11,15,17,19H,3-7,9-10,12-14H2,1-2H3. The molecule has 0 unspecified atom stereocenters. The summed E-state index contributed by atoms with van der Waals surface area (Å²) in [7, 11) is 0. The van der Waals surface area contributed by atoms with Crippen molar-refractivity contribution < 1.29 is 0 Å². The lowest BCUT2D eigenvalue weighted by Gasteiger charge is -2.42. The van der Waals surface area contributed by atoms with Crippen LogP contribution in [0, 0.1) is 11.3 Å². The zero-order chi connectivity index (χ0) is 14.7. The fourth-order valence-electron chi connectivity index (χ4n) is 3.95. The van der Waals surface area contributed by atoms with E-state index in [9.17, 15) is 0 Å². The summed E-state index contributed by atoms with van der Waals surface area (Å²) in [6, 6.07) is 2.94. The van der Waals surface area contributed by atoms with E-state index in [0.29, 0.717) is 11.5 Å². The van der Waals surface area contributed by atoms with Crippen LogP contribution in [-0.4, -0.2) is 22.9 Å². The van der Waals surface area contributed by atoms with E-state index in [-0.39, 0.29) is 0 Å². The fraction of sp³-hybridized carbons (Fsp3) is 0.833. The molecule has 0 bridgehead atoms. The van der Waals surface area contributed by atoms with Gasteiger partial charge in [0.25, 0.3) is 0 Å². The zero-order valence-corrected chi connectivity index (χ0v) is 13.8. The van der Waals surface area contributed by atoms with Gasteiger partial charge in [0, 0.05) is 12.7 Å². The Balaban J connectivity index is 1.56. The highest BCUT2D eigenvalue weighted by molar-refractivity contribution is 5.07. The normalized spacial score (nSPS) is 21.9. The van der Waals surface area contributed by atoms with Gasteiger partial charge in [-0.3, -0.25) is 4.68 Å². The van der Waals surface area contributed by atoms with Crippen LogP contribution in [0.1, 0.15) is 70.5 Å². The molecule has 2 aliphatic rings. The van der Waals surface area contributed by atoms with E-state index in [0.717, 1.165) is 18.9 Å². The fourth-order valence-corrected chi connectivity index (χ4v) is 3.95. The van der Waals surface area contributed by atoms with Crippen LogP contribution in [0.3, 0.4) is 0 Å². The van der Waals surface area contributed by atoms with Gasteiger partial charge in [-0.15, -0.1) is 0 Å². The van der Waals surface area contributed by atoms with Crippen molar-refractivity contribution in [1.29, 1.82) is 0 Å². The molecule has 118 valence electrons. The Hall–Kier alpha value is -0.830. The molecule has 0 aromatic carbocycles. The van der Waals surface area contributed by atoms with Gasteiger partial charge in [0.2, 0.25) is 0 Å². The monoisotopic (exact) mass is 289 g/mol. The number of nitrogens with one attached hydrogen (secondary N) is 1. The second kappa shape index (κ2) is 6.51. The van der Waals surface area contributed by atoms with Crippen LogP contribution in [0.4, 0.5) is 0 Å². The molecular weight excluding hydrogens is 258 g/mol. The summed E-state index contributed by atoms with van der Waals surface area (Å²) >= 11 is 0. The highest BCUT2D eigenvalue weighted by Crippen LogP contribution is 2.43. The van der Waals surface area contributed by atoms with Crippen LogP contribution in [0.2, 0.25) is 0 Å². The second-order valence-electron chi connectivity index (χ2n) is 7.78. The summed E-state index contributed by atoms with van der Waals surface area (Å²) in [5.41, 5.74) is 1.80. The average Bonchev–Trinajstić information content (AvgIpc) is 3.05. The summed E-state index contributed by atoms with van der Waals surface area (Å²) in [5.74, 6) is 0.740. The van der Waals surface area contributed by atoms with Crippen molar-refractivity contribution in [2.24, 2.45) is 11.3 Å². The average molecular weight is 289 g/mol.